The van der Waals surface area contributed by atoms with Crippen molar-refractivity contribution in [3.05, 3.63) is 29.8 Å². The maximum atomic E-state index is 12.5. The maximum Gasteiger partial charge on any atom is 0.236 e. The Hall–Kier alpha value is -2.08. The summed E-state index contributed by atoms with van der Waals surface area (Å²) in [7, 11) is 1.65. The molecule has 0 bridgehead atoms. The Morgan fingerprint density at radius 2 is 1.84 bits per heavy atom. The smallest absolute Gasteiger partial charge is 0.236 e. The highest BCUT2D eigenvalue weighted by atomic mass is 16.5. The van der Waals surface area contributed by atoms with Gasteiger partial charge in [0.1, 0.15) is 5.75 Å². The SMILES string of the molecule is COc1ccccc1[C@@H]1CN(CC(=O)N2CCCC2)CCN1C(C)=O. The number of carbonyl (C=O) groups is 2. The minimum atomic E-state index is -0.0891. The molecular formula is C19H27N3O3. The fourth-order valence-electron chi connectivity index (χ4n) is 3.83. The third-order valence-corrected chi connectivity index (χ3v) is 5.18. The van der Waals surface area contributed by atoms with Crippen LogP contribution in [0.3, 0.4) is 0 Å². The van der Waals surface area contributed by atoms with E-state index in [9.17, 15) is 9.59 Å². The molecule has 2 heterocycles. The summed E-state index contributed by atoms with van der Waals surface area (Å²) in [5.74, 6) is 1.04. The Balaban J connectivity index is 1.75. The van der Waals surface area contributed by atoms with Gasteiger partial charge in [0.2, 0.25) is 11.8 Å². The fourth-order valence-corrected chi connectivity index (χ4v) is 3.83. The van der Waals surface area contributed by atoms with Crippen molar-refractivity contribution in [1.82, 2.24) is 14.7 Å². The predicted molar refractivity (Wildman–Crippen MR) is 95.4 cm³/mol. The summed E-state index contributed by atoms with van der Waals surface area (Å²) in [4.78, 5) is 30.6. The molecule has 1 aromatic rings. The van der Waals surface area contributed by atoms with Gasteiger partial charge in [-0.1, -0.05) is 18.2 Å². The van der Waals surface area contributed by atoms with E-state index in [4.69, 9.17) is 4.74 Å². The molecule has 0 unspecified atom stereocenters. The Morgan fingerprint density at radius 1 is 1.12 bits per heavy atom. The van der Waals surface area contributed by atoms with Gasteiger partial charge < -0.3 is 14.5 Å². The number of methoxy groups -OCH3 is 1. The van der Waals surface area contributed by atoms with Crippen LogP contribution in [-0.2, 0) is 9.59 Å². The third kappa shape index (κ3) is 3.95. The summed E-state index contributed by atoms with van der Waals surface area (Å²) in [6, 6.07) is 7.73. The van der Waals surface area contributed by atoms with Crippen LogP contribution in [0.4, 0.5) is 0 Å². The van der Waals surface area contributed by atoms with Gasteiger partial charge in [-0.3, -0.25) is 14.5 Å². The first-order valence-electron chi connectivity index (χ1n) is 9.00. The van der Waals surface area contributed by atoms with Crippen molar-refractivity contribution < 1.29 is 14.3 Å². The minimum absolute atomic E-state index is 0.0569. The predicted octanol–water partition coefficient (Wildman–Crippen LogP) is 1.52. The number of nitrogens with zero attached hydrogens (tertiary/aromatic N) is 3. The highest BCUT2D eigenvalue weighted by molar-refractivity contribution is 5.78. The lowest BCUT2D eigenvalue weighted by Gasteiger charge is -2.41. The van der Waals surface area contributed by atoms with Gasteiger partial charge in [0.05, 0.1) is 19.7 Å². The number of likely N-dealkylation sites (tertiary alicyclic amines) is 1. The number of piperazine rings is 1. The summed E-state index contributed by atoms with van der Waals surface area (Å²) in [6.45, 7) is 5.80. The van der Waals surface area contributed by atoms with Gasteiger partial charge in [-0.05, 0) is 18.9 Å². The second-order valence-corrected chi connectivity index (χ2v) is 6.79. The van der Waals surface area contributed by atoms with Gasteiger partial charge in [-0.15, -0.1) is 0 Å². The second-order valence-electron chi connectivity index (χ2n) is 6.79. The minimum Gasteiger partial charge on any atom is -0.496 e. The molecule has 6 heteroatoms. The van der Waals surface area contributed by atoms with Crippen LogP contribution in [0.5, 0.6) is 5.75 Å². The Bertz CT molecular complexity index is 628. The van der Waals surface area contributed by atoms with Gasteiger partial charge in [0, 0.05) is 45.2 Å². The van der Waals surface area contributed by atoms with Crippen molar-refractivity contribution in [3.63, 3.8) is 0 Å². The van der Waals surface area contributed by atoms with Crippen molar-refractivity contribution >= 4 is 11.8 Å². The zero-order valence-electron chi connectivity index (χ0n) is 15.1. The number of amides is 2. The summed E-state index contributed by atoms with van der Waals surface area (Å²) in [6.07, 6.45) is 2.21. The highest BCUT2D eigenvalue weighted by Gasteiger charge is 2.33. The van der Waals surface area contributed by atoms with E-state index in [1.165, 1.54) is 0 Å². The quantitative estimate of drug-likeness (QED) is 0.830. The molecule has 2 saturated heterocycles. The molecule has 25 heavy (non-hydrogen) atoms. The van der Waals surface area contributed by atoms with Crippen molar-refractivity contribution in [1.29, 1.82) is 0 Å². The molecule has 0 aromatic heterocycles. The zero-order valence-corrected chi connectivity index (χ0v) is 15.1. The molecule has 0 radical (unpaired) electrons. The van der Waals surface area contributed by atoms with Crippen LogP contribution in [0.2, 0.25) is 0 Å². The molecule has 3 rings (SSSR count). The van der Waals surface area contributed by atoms with E-state index >= 15 is 0 Å². The first-order valence-corrected chi connectivity index (χ1v) is 9.00. The van der Waals surface area contributed by atoms with E-state index in [0.29, 0.717) is 19.6 Å². The van der Waals surface area contributed by atoms with Crippen LogP contribution >= 0.6 is 0 Å². The largest absolute Gasteiger partial charge is 0.496 e. The topological polar surface area (TPSA) is 53.1 Å². The summed E-state index contributed by atoms with van der Waals surface area (Å²) >= 11 is 0. The number of rotatable bonds is 4. The first-order chi connectivity index (χ1) is 12.1. The molecule has 6 nitrogen and oxygen atoms in total. The van der Waals surface area contributed by atoms with E-state index in [-0.39, 0.29) is 17.9 Å². The van der Waals surface area contributed by atoms with E-state index in [0.717, 1.165) is 43.8 Å². The molecule has 2 fully saturated rings. The zero-order chi connectivity index (χ0) is 17.8. The van der Waals surface area contributed by atoms with Gasteiger partial charge in [-0.25, -0.2) is 0 Å². The van der Waals surface area contributed by atoms with E-state index in [2.05, 4.69) is 4.90 Å². The van der Waals surface area contributed by atoms with Crippen LogP contribution in [-0.4, -0.2) is 72.9 Å². The van der Waals surface area contributed by atoms with Crippen LogP contribution in [0.1, 0.15) is 31.4 Å². The molecule has 0 N–H and O–H groups in total. The molecule has 136 valence electrons. The second kappa shape index (κ2) is 7.87. The number of hydrogen-bond donors (Lipinski definition) is 0. The van der Waals surface area contributed by atoms with Gasteiger partial charge >= 0.3 is 0 Å². The van der Waals surface area contributed by atoms with Gasteiger partial charge in [0.15, 0.2) is 0 Å². The molecule has 2 amide bonds. The molecule has 0 spiro atoms. The molecule has 1 atom stereocenters. The number of ether oxygens (including phenoxy) is 1. The summed E-state index contributed by atoms with van der Waals surface area (Å²) in [5.41, 5.74) is 0.999. The lowest BCUT2D eigenvalue weighted by Crippen LogP contribution is -2.52. The van der Waals surface area contributed by atoms with Crippen LogP contribution in [0.15, 0.2) is 24.3 Å². The molecule has 2 aliphatic heterocycles. The van der Waals surface area contributed by atoms with Crippen LogP contribution in [0.25, 0.3) is 0 Å². The normalized spacial score (nSPS) is 21.4. The van der Waals surface area contributed by atoms with Gasteiger partial charge in [-0.2, -0.15) is 0 Å². The first kappa shape index (κ1) is 17.7. The van der Waals surface area contributed by atoms with Gasteiger partial charge in [0.25, 0.3) is 0 Å². The Morgan fingerprint density at radius 3 is 2.52 bits per heavy atom. The molecule has 0 saturated carbocycles. The highest BCUT2D eigenvalue weighted by Crippen LogP contribution is 2.32. The van der Waals surface area contributed by atoms with E-state index in [1.807, 2.05) is 34.1 Å². The lowest BCUT2D eigenvalue weighted by atomic mass is 10.0. The number of para-hydroxylation sites is 1. The van der Waals surface area contributed by atoms with Crippen LogP contribution in [0, 0.1) is 0 Å². The lowest BCUT2D eigenvalue weighted by molar-refractivity contribution is -0.136. The monoisotopic (exact) mass is 345 g/mol. The van der Waals surface area contributed by atoms with Crippen molar-refractivity contribution in [2.45, 2.75) is 25.8 Å². The summed E-state index contributed by atoms with van der Waals surface area (Å²) < 4.78 is 5.49. The molecule has 1 aromatic carbocycles. The Labute approximate surface area is 149 Å². The Kier molecular flexibility index (Phi) is 5.58. The van der Waals surface area contributed by atoms with E-state index < -0.39 is 0 Å². The molecule has 2 aliphatic rings. The average Bonchev–Trinajstić information content (AvgIpc) is 3.16. The van der Waals surface area contributed by atoms with Crippen molar-refractivity contribution in [3.8, 4) is 5.75 Å². The standard InChI is InChI=1S/C19H27N3O3/c1-15(23)22-12-11-20(14-19(24)21-9-5-6-10-21)13-17(22)16-7-3-4-8-18(16)25-2/h3-4,7-8,17H,5-6,9-14H2,1-2H3/t17-/m0/s1. The average molecular weight is 345 g/mol. The number of carbonyl (C=O) groups excluding carboxylic acids is 2. The number of hydrogen-bond acceptors (Lipinski definition) is 4. The third-order valence-electron chi connectivity index (χ3n) is 5.18. The molecule has 0 aliphatic carbocycles. The number of benzene rings is 1. The summed E-state index contributed by atoms with van der Waals surface area (Å²) in [5, 5.41) is 0. The van der Waals surface area contributed by atoms with Crippen LogP contribution < -0.4 is 4.74 Å². The fraction of sp³-hybridized carbons (Fsp3) is 0.579. The van der Waals surface area contributed by atoms with Crippen molar-refractivity contribution in [2.24, 2.45) is 0 Å². The molecular weight excluding hydrogens is 318 g/mol. The van der Waals surface area contributed by atoms with E-state index in [1.54, 1.807) is 14.0 Å². The van der Waals surface area contributed by atoms with Crippen molar-refractivity contribution in [2.75, 3.05) is 46.4 Å². The maximum absolute atomic E-state index is 12.5.